The number of anilines is 1. The van der Waals surface area contributed by atoms with Crippen molar-refractivity contribution >= 4 is 29.2 Å². The summed E-state index contributed by atoms with van der Waals surface area (Å²) in [7, 11) is 3.74. The number of aliphatic imine (C=N–C) groups is 1. The van der Waals surface area contributed by atoms with Gasteiger partial charge in [-0.15, -0.1) is 0 Å². The summed E-state index contributed by atoms with van der Waals surface area (Å²) in [5, 5.41) is 0. The zero-order valence-corrected chi connectivity index (χ0v) is 26.2. The van der Waals surface area contributed by atoms with Gasteiger partial charge in [0.1, 0.15) is 12.3 Å². The van der Waals surface area contributed by atoms with Crippen molar-refractivity contribution in [1.82, 2.24) is 9.80 Å². The molecule has 0 aromatic heterocycles. The summed E-state index contributed by atoms with van der Waals surface area (Å²) in [6.45, 7) is 1.54. The third-order valence-electron chi connectivity index (χ3n) is 7.49. The summed E-state index contributed by atoms with van der Waals surface area (Å²) in [4.78, 5) is 46.3. The standard InChI is InChI=1S/C36H39N5O5/c1-39(2)31-18-9-10-19-33(31)45-46-35(43)26-41-25-29-30(38-36(41)37)17-11-20-32(29)44-22-12-21-34(42)40(23-27-13-5-3-6-14-27)24-28-15-7-4-8-16-28/h3-11,13-20H,12,21-26H2,1-2H3,(H2,37,38). The van der Waals surface area contributed by atoms with Gasteiger partial charge in [-0.1, -0.05) is 78.9 Å². The Hall–Kier alpha value is -5.51. The predicted molar refractivity (Wildman–Crippen MR) is 177 cm³/mol. The van der Waals surface area contributed by atoms with E-state index in [1.165, 1.54) is 0 Å². The minimum Gasteiger partial charge on any atom is -0.493 e. The van der Waals surface area contributed by atoms with Crippen LogP contribution in [0.5, 0.6) is 11.5 Å². The van der Waals surface area contributed by atoms with E-state index in [9.17, 15) is 9.59 Å². The number of nitrogens with two attached hydrogens (primary N) is 1. The average Bonchev–Trinajstić information content (AvgIpc) is 3.07. The third kappa shape index (κ3) is 8.56. The number of hydrogen-bond donors (Lipinski definition) is 1. The molecule has 0 unspecified atom stereocenters. The molecule has 0 saturated heterocycles. The molecule has 1 aliphatic heterocycles. The number of amides is 1. The van der Waals surface area contributed by atoms with Crippen LogP contribution in [0.3, 0.4) is 0 Å². The summed E-state index contributed by atoms with van der Waals surface area (Å²) in [6, 6.07) is 32.8. The highest BCUT2D eigenvalue weighted by molar-refractivity contribution is 5.87. The van der Waals surface area contributed by atoms with Gasteiger partial charge in [-0.3, -0.25) is 9.68 Å². The van der Waals surface area contributed by atoms with Crippen molar-refractivity contribution in [2.75, 3.05) is 32.1 Å². The first-order valence-electron chi connectivity index (χ1n) is 15.2. The van der Waals surface area contributed by atoms with Crippen LogP contribution in [0.25, 0.3) is 0 Å². The SMILES string of the molecule is CN(C)c1ccccc1OOC(=O)CN1Cc2c(cccc2OCCCC(=O)N(Cc2ccccc2)Cc2ccccc2)N=C1N. The molecule has 46 heavy (non-hydrogen) atoms. The van der Waals surface area contributed by atoms with E-state index in [2.05, 4.69) is 4.99 Å². The summed E-state index contributed by atoms with van der Waals surface area (Å²) in [5.41, 5.74) is 10.6. The molecular weight excluding hydrogens is 582 g/mol. The summed E-state index contributed by atoms with van der Waals surface area (Å²) in [6.07, 6.45) is 0.879. The quantitative estimate of drug-likeness (QED) is 0.113. The first-order chi connectivity index (χ1) is 22.4. The highest BCUT2D eigenvalue weighted by Gasteiger charge is 2.24. The maximum absolute atomic E-state index is 13.3. The van der Waals surface area contributed by atoms with Gasteiger partial charge >= 0.3 is 5.97 Å². The largest absolute Gasteiger partial charge is 0.493 e. The van der Waals surface area contributed by atoms with Crippen molar-refractivity contribution in [3.8, 4) is 11.5 Å². The fraction of sp³-hybridized carbons (Fsp3) is 0.250. The zero-order valence-electron chi connectivity index (χ0n) is 26.2. The van der Waals surface area contributed by atoms with Crippen LogP contribution in [-0.2, 0) is 34.1 Å². The van der Waals surface area contributed by atoms with Crippen molar-refractivity contribution in [2.24, 2.45) is 10.7 Å². The Morgan fingerprint density at radius 1 is 0.826 bits per heavy atom. The van der Waals surface area contributed by atoms with Gasteiger partial charge in [0.15, 0.2) is 5.96 Å². The second kappa shape index (κ2) is 15.5. The van der Waals surface area contributed by atoms with Crippen molar-refractivity contribution in [3.63, 3.8) is 0 Å². The highest BCUT2D eigenvalue weighted by Crippen LogP contribution is 2.33. The zero-order chi connectivity index (χ0) is 32.3. The van der Waals surface area contributed by atoms with E-state index in [0.29, 0.717) is 56.3 Å². The molecule has 0 bridgehead atoms. The highest BCUT2D eigenvalue weighted by atomic mass is 17.2. The molecule has 0 saturated carbocycles. The summed E-state index contributed by atoms with van der Waals surface area (Å²) in [5.74, 6) is 0.675. The average molecular weight is 622 g/mol. The van der Waals surface area contributed by atoms with Crippen LogP contribution < -0.4 is 20.3 Å². The van der Waals surface area contributed by atoms with Gasteiger partial charge in [-0.25, -0.2) is 14.7 Å². The number of benzene rings is 4. The molecule has 0 atom stereocenters. The Balaban J connectivity index is 1.15. The topological polar surface area (TPSA) is 110 Å². The predicted octanol–water partition coefficient (Wildman–Crippen LogP) is 5.44. The Morgan fingerprint density at radius 3 is 2.13 bits per heavy atom. The van der Waals surface area contributed by atoms with Crippen LogP contribution in [-0.4, -0.2) is 54.9 Å². The molecule has 4 aromatic rings. The number of fused-ring (bicyclic) bond motifs is 1. The van der Waals surface area contributed by atoms with Gasteiger partial charge in [0.05, 0.1) is 24.5 Å². The molecule has 0 spiro atoms. The van der Waals surface area contributed by atoms with Gasteiger partial charge in [0.25, 0.3) is 0 Å². The van der Waals surface area contributed by atoms with Crippen LogP contribution in [0.2, 0.25) is 0 Å². The Bertz CT molecular complexity index is 1600. The molecule has 10 heteroatoms. The van der Waals surface area contributed by atoms with E-state index >= 15 is 0 Å². The maximum Gasteiger partial charge on any atom is 0.374 e. The molecular formula is C36H39N5O5. The summed E-state index contributed by atoms with van der Waals surface area (Å²) >= 11 is 0. The number of carbonyl (C=O) groups is 2. The van der Waals surface area contributed by atoms with Crippen LogP contribution in [0, 0.1) is 0 Å². The van der Waals surface area contributed by atoms with Gasteiger partial charge in [0.2, 0.25) is 11.7 Å². The first kappa shape index (κ1) is 31.9. The maximum atomic E-state index is 13.3. The number of para-hydroxylation sites is 2. The molecule has 0 aliphatic carbocycles. The molecule has 4 aromatic carbocycles. The molecule has 10 nitrogen and oxygen atoms in total. The third-order valence-corrected chi connectivity index (χ3v) is 7.49. The molecule has 0 fully saturated rings. The number of rotatable bonds is 14. The monoisotopic (exact) mass is 621 g/mol. The van der Waals surface area contributed by atoms with E-state index in [1.54, 1.807) is 17.0 Å². The number of hydrogen-bond acceptors (Lipinski definition) is 9. The van der Waals surface area contributed by atoms with Crippen LogP contribution in [0.4, 0.5) is 11.4 Å². The number of ether oxygens (including phenoxy) is 1. The van der Waals surface area contributed by atoms with Crippen molar-refractivity contribution in [1.29, 1.82) is 0 Å². The molecule has 1 aliphatic rings. The molecule has 2 N–H and O–H groups in total. The van der Waals surface area contributed by atoms with Gasteiger partial charge in [-0.2, -0.15) is 0 Å². The van der Waals surface area contributed by atoms with Crippen LogP contribution >= 0.6 is 0 Å². The second-order valence-electron chi connectivity index (χ2n) is 11.2. The van der Waals surface area contributed by atoms with E-state index in [0.717, 1.165) is 22.4 Å². The fourth-order valence-electron chi connectivity index (χ4n) is 5.13. The Labute approximate surface area is 269 Å². The van der Waals surface area contributed by atoms with E-state index < -0.39 is 5.97 Å². The number of guanidine groups is 1. The molecule has 1 amide bonds. The van der Waals surface area contributed by atoms with Gasteiger partial charge in [-0.05, 0) is 41.8 Å². The molecule has 5 rings (SSSR count). The minimum absolute atomic E-state index is 0.0591. The minimum atomic E-state index is -0.623. The lowest BCUT2D eigenvalue weighted by Crippen LogP contribution is -2.42. The van der Waals surface area contributed by atoms with E-state index in [-0.39, 0.29) is 18.4 Å². The Kier molecular flexibility index (Phi) is 10.7. The molecule has 1 heterocycles. The smallest absolute Gasteiger partial charge is 0.374 e. The van der Waals surface area contributed by atoms with Crippen molar-refractivity contribution in [3.05, 3.63) is 120 Å². The van der Waals surface area contributed by atoms with Gasteiger partial charge < -0.3 is 25.2 Å². The Morgan fingerprint density at radius 2 is 1.46 bits per heavy atom. The second-order valence-corrected chi connectivity index (χ2v) is 11.2. The lowest BCUT2D eigenvalue weighted by Gasteiger charge is -2.28. The van der Waals surface area contributed by atoms with E-state index in [1.807, 2.05) is 115 Å². The fourth-order valence-corrected chi connectivity index (χ4v) is 5.13. The van der Waals surface area contributed by atoms with Crippen LogP contribution in [0.15, 0.2) is 108 Å². The van der Waals surface area contributed by atoms with Crippen molar-refractivity contribution in [2.45, 2.75) is 32.5 Å². The lowest BCUT2D eigenvalue weighted by atomic mass is 10.1. The number of carbonyl (C=O) groups excluding carboxylic acids is 2. The number of nitrogens with zero attached hydrogens (tertiary/aromatic N) is 4. The van der Waals surface area contributed by atoms with E-state index in [4.69, 9.17) is 20.2 Å². The molecule has 238 valence electrons. The normalized spacial score (nSPS) is 12.0. The first-order valence-corrected chi connectivity index (χ1v) is 15.2. The lowest BCUT2D eigenvalue weighted by molar-refractivity contribution is -0.213. The summed E-state index contributed by atoms with van der Waals surface area (Å²) < 4.78 is 6.15. The van der Waals surface area contributed by atoms with Crippen molar-refractivity contribution < 1.29 is 24.1 Å². The van der Waals surface area contributed by atoms with Crippen LogP contribution in [0.1, 0.15) is 29.5 Å². The molecule has 0 radical (unpaired) electrons. The van der Waals surface area contributed by atoms with Gasteiger partial charge in [0, 0.05) is 39.2 Å².